The molecule has 0 fully saturated rings. The van der Waals surface area contributed by atoms with Crippen LogP contribution in [0.2, 0.25) is 0 Å². The van der Waals surface area contributed by atoms with Gasteiger partial charge < -0.3 is 15.5 Å². The van der Waals surface area contributed by atoms with Crippen LogP contribution in [0.25, 0.3) is 0 Å². The maximum absolute atomic E-state index is 9.90. The van der Waals surface area contributed by atoms with Crippen LogP contribution < -0.4 is 5.32 Å². The molecule has 0 aliphatic heterocycles. The van der Waals surface area contributed by atoms with Crippen molar-refractivity contribution in [3.05, 3.63) is 0 Å². The molecule has 0 aromatic carbocycles. The smallest absolute Gasteiger partial charge is 0.404 e. The molecule has 1 atom stereocenters. The van der Waals surface area contributed by atoms with Crippen LogP contribution in [0.3, 0.4) is 0 Å². The molecule has 0 rings (SSSR count). The largest absolute Gasteiger partial charge is 0.465 e. The van der Waals surface area contributed by atoms with E-state index in [2.05, 4.69) is 5.32 Å². The van der Waals surface area contributed by atoms with E-state index in [1.807, 2.05) is 13.8 Å². The summed E-state index contributed by atoms with van der Waals surface area (Å²) in [6, 6.07) is 0. The van der Waals surface area contributed by atoms with Gasteiger partial charge in [0.25, 0.3) is 0 Å². The number of aliphatic hydroxyl groups excluding tert-OH is 1. The zero-order valence-electron chi connectivity index (χ0n) is 6.16. The summed E-state index contributed by atoms with van der Waals surface area (Å²) in [5.41, 5.74) is 0. The third-order valence-corrected chi connectivity index (χ3v) is 1.23. The monoisotopic (exact) mass is 147 g/mol. The van der Waals surface area contributed by atoms with E-state index in [1.165, 1.54) is 0 Å². The SMILES string of the molecule is CC(C)C(O)CNC(=O)O. The Hall–Kier alpha value is -0.770. The molecule has 0 saturated heterocycles. The van der Waals surface area contributed by atoms with E-state index in [0.717, 1.165) is 0 Å². The van der Waals surface area contributed by atoms with Gasteiger partial charge in [0.15, 0.2) is 0 Å². The summed E-state index contributed by atoms with van der Waals surface area (Å²) in [6.07, 6.45) is -1.68. The summed E-state index contributed by atoms with van der Waals surface area (Å²) in [5, 5.41) is 19.3. The molecule has 0 aromatic heterocycles. The number of rotatable bonds is 3. The molecule has 0 bridgehead atoms. The minimum Gasteiger partial charge on any atom is -0.465 e. The molecule has 0 aliphatic rings. The molecule has 3 N–H and O–H groups in total. The molecule has 10 heavy (non-hydrogen) atoms. The molecule has 0 saturated carbocycles. The maximum atomic E-state index is 9.90. The Kier molecular flexibility index (Phi) is 3.79. The van der Waals surface area contributed by atoms with Crippen LogP contribution in [0.5, 0.6) is 0 Å². The van der Waals surface area contributed by atoms with Gasteiger partial charge in [0.2, 0.25) is 0 Å². The highest BCUT2D eigenvalue weighted by atomic mass is 16.4. The van der Waals surface area contributed by atoms with Crippen LogP contribution in [0.4, 0.5) is 4.79 Å². The van der Waals surface area contributed by atoms with Crippen LogP contribution in [0.1, 0.15) is 13.8 Å². The van der Waals surface area contributed by atoms with E-state index >= 15 is 0 Å². The van der Waals surface area contributed by atoms with Crippen molar-refractivity contribution >= 4 is 6.09 Å². The third kappa shape index (κ3) is 4.14. The van der Waals surface area contributed by atoms with Crippen molar-refractivity contribution in [2.45, 2.75) is 20.0 Å². The first-order valence-corrected chi connectivity index (χ1v) is 3.19. The van der Waals surface area contributed by atoms with E-state index in [4.69, 9.17) is 10.2 Å². The van der Waals surface area contributed by atoms with Gasteiger partial charge in [-0.1, -0.05) is 13.8 Å². The first kappa shape index (κ1) is 9.23. The average Bonchev–Trinajstić information content (AvgIpc) is 1.82. The van der Waals surface area contributed by atoms with Crippen molar-refractivity contribution in [2.75, 3.05) is 6.54 Å². The van der Waals surface area contributed by atoms with Gasteiger partial charge >= 0.3 is 6.09 Å². The van der Waals surface area contributed by atoms with Gasteiger partial charge in [-0.15, -0.1) is 0 Å². The van der Waals surface area contributed by atoms with Gasteiger partial charge in [-0.25, -0.2) is 4.79 Å². The molecule has 60 valence electrons. The number of carboxylic acid groups (broad SMARTS) is 1. The molecule has 1 amide bonds. The summed E-state index contributed by atoms with van der Waals surface area (Å²) >= 11 is 0. The molecule has 0 radical (unpaired) electrons. The highest BCUT2D eigenvalue weighted by Gasteiger charge is 2.08. The summed E-state index contributed by atoms with van der Waals surface area (Å²) in [6.45, 7) is 3.76. The number of hydrogen-bond donors (Lipinski definition) is 3. The van der Waals surface area contributed by atoms with Crippen LogP contribution >= 0.6 is 0 Å². The van der Waals surface area contributed by atoms with Gasteiger partial charge in [-0.3, -0.25) is 0 Å². The average molecular weight is 147 g/mol. The Morgan fingerprint density at radius 1 is 1.60 bits per heavy atom. The van der Waals surface area contributed by atoms with Gasteiger partial charge in [0.05, 0.1) is 6.10 Å². The van der Waals surface area contributed by atoms with Crippen molar-refractivity contribution in [1.82, 2.24) is 5.32 Å². The molecular formula is C6H13NO3. The lowest BCUT2D eigenvalue weighted by molar-refractivity contribution is 0.119. The van der Waals surface area contributed by atoms with Crippen molar-refractivity contribution in [3.8, 4) is 0 Å². The number of amides is 1. The Labute approximate surface area is 59.9 Å². The highest BCUT2D eigenvalue weighted by molar-refractivity contribution is 5.64. The lowest BCUT2D eigenvalue weighted by Gasteiger charge is -2.12. The number of carbonyl (C=O) groups is 1. The van der Waals surface area contributed by atoms with E-state index in [9.17, 15) is 4.79 Å². The minimum absolute atomic E-state index is 0.0897. The molecule has 0 spiro atoms. The lowest BCUT2D eigenvalue weighted by atomic mass is 10.1. The first-order chi connectivity index (χ1) is 4.54. The predicted octanol–water partition coefficient (Wildman–Crippen LogP) is 0.271. The number of hydrogen-bond acceptors (Lipinski definition) is 2. The zero-order valence-corrected chi connectivity index (χ0v) is 6.16. The van der Waals surface area contributed by atoms with Gasteiger partial charge in [0.1, 0.15) is 0 Å². The maximum Gasteiger partial charge on any atom is 0.404 e. The first-order valence-electron chi connectivity index (χ1n) is 3.19. The van der Waals surface area contributed by atoms with Crippen molar-refractivity contribution in [2.24, 2.45) is 5.92 Å². The fourth-order valence-electron chi connectivity index (χ4n) is 0.428. The topological polar surface area (TPSA) is 69.6 Å². The summed E-state index contributed by atoms with van der Waals surface area (Å²) in [5.74, 6) is 0.0897. The molecule has 1 unspecified atom stereocenters. The molecule has 0 aliphatic carbocycles. The molecule has 0 heterocycles. The van der Waals surface area contributed by atoms with Crippen molar-refractivity contribution in [1.29, 1.82) is 0 Å². The summed E-state index contributed by atoms with van der Waals surface area (Å²) in [4.78, 5) is 9.90. The predicted molar refractivity (Wildman–Crippen MR) is 36.9 cm³/mol. The summed E-state index contributed by atoms with van der Waals surface area (Å²) in [7, 11) is 0. The fourth-order valence-corrected chi connectivity index (χ4v) is 0.428. The normalized spacial score (nSPS) is 13.2. The van der Waals surface area contributed by atoms with Gasteiger partial charge in [-0.05, 0) is 5.92 Å². The standard InChI is InChI=1S/C6H13NO3/c1-4(2)5(8)3-7-6(9)10/h4-5,7-8H,3H2,1-2H3,(H,9,10). The Morgan fingerprint density at radius 3 is 2.40 bits per heavy atom. The van der Waals surface area contributed by atoms with Crippen LogP contribution in [-0.2, 0) is 0 Å². The summed E-state index contributed by atoms with van der Waals surface area (Å²) < 4.78 is 0. The number of nitrogens with one attached hydrogen (secondary N) is 1. The van der Waals surface area contributed by atoms with Crippen molar-refractivity contribution in [3.63, 3.8) is 0 Å². The highest BCUT2D eigenvalue weighted by Crippen LogP contribution is 1.98. The van der Waals surface area contributed by atoms with Gasteiger partial charge in [-0.2, -0.15) is 0 Å². The van der Waals surface area contributed by atoms with E-state index in [0.29, 0.717) is 0 Å². The van der Waals surface area contributed by atoms with Gasteiger partial charge in [0, 0.05) is 6.54 Å². The van der Waals surface area contributed by atoms with Crippen LogP contribution in [-0.4, -0.2) is 29.0 Å². The molecular weight excluding hydrogens is 134 g/mol. The van der Waals surface area contributed by atoms with E-state index < -0.39 is 12.2 Å². The second kappa shape index (κ2) is 4.11. The Balaban J connectivity index is 3.39. The fraction of sp³-hybridized carbons (Fsp3) is 0.833. The Morgan fingerprint density at radius 2 is 2.10 bits per heavy atom. The number of aliphatic hydroxyl groups is 1. The van der Waals surface area contributed by atoms with Crippen LogP contribution in [0.15, 0.2) is 0 Å². The second-order valence-electron chi connectivity index (χ2n) is 2.50. The lowest BCUT2D eigenvalue weighted by Crippen LogP contribution is -2.33. The molecule has 4 heteroatoms. The van der Waals surface area contributed by atoms with Crippen molar-refractivity contribution < 1.29 is 15.0 Å². The third-order valence-electron chi connectivity index (χ3n) is 1.23. The van der Waals surface area contributed by atoms with E-state index in [1.54, 1.807) is 0 Å². The Bertz CT molecular complexity index is 114. The van der Waals surface area contributed by atoms with Crippen LogP contribution in [0, 0.1) is 5.92 Å². The minimum atomic E-state index is -1.10. The molecule has 4 nitrogen and oxygen atoms in total. The zero-order chi connectivity index (χ0) is 8.15. The quantitative estimate of drug-likeness (QED) is 0.536. The molecule has 0 aromatic rings. The second-order valence-corrected chi connectivity index (χ2v) is 2.50. The van der Waals surface area contributed by atoms with E-state index in [-0.39, 0.29) is 12.5 Å².